The van der Waals surface area contributed by atoms with Crippen LogP contribution in [-0.4, -0.2) is 76.3 Å². The minimum absolute atomic E-state index is 0.0957. The fourth-order valence-corrected chi connectivity index (χ4v) is 3.62. The highest BCUT2D eigenvalue weighted by Gasteiger charge is 2.32. The number of halogens is 3. The van der Waals surface area contributed by atoms with Gasteiger partial charge in [0, 0.05) is 39.3 Å². The highest BCUT2D eigenvalue weighted by atomic mass is 19.4. The lowest BCUT2D eigenvalue weighted by Gasteiger charge is -2.34. The fourth-order valence-electron chi connectivity index (χ4n) is 3.62. The van der Waals surface area contributed by atoms with Crippen molar-refractivity contribution >= 4 is 0 Å². The molecule has 0 N–H and O–H groups in total. The zero-order valence-electron chi connectivity index (χ0n) is 18.4. The highest BCUT2D eigenvalue weighted by Crippen LogP contribution is 2.31. The Morgan fingerprint density at radius 1 is 0.781 bits per heavy atom. The number of hydrogen-bond donors (Lipinski definition) is 0. The van der Waals surface area contributed by atoms with E-state index < -0.39 is 6.36 Å². The van der Waals surface area contributed by atoms with Crippen LogP contribution < -0.4 is 18.9 Å². The standard InChI is InChI=1S/C23H29F3N2O4/c1-29-19-8-7-18(17-22(19)30-2)9-10-27-11-13-28(14-12-27)15-16-31-20-5-3-4-6-21(20)32-23(24,25)26/h3-8,17H,9-16H2,1-2H3. The predicted molar refractivity (Wildman–Crippen MR) is 115 cm³/mol. The molecule has 1 saturated heterocycles. The summed E-state index contributed by atoms with van der Waals surface area (Å²) in [6, 6.07) is 11.8. The van der Waals surface area contributed by atoms with Gasteiger partial charge in [-0.2, -0.15) is 0 Å². The summed E-state index contributed by atoms with van der Waals surface area (Å²) >= 11 is 0. The molecule has 2 aromatic rings. The van der Waals surface area contributed by atoms with Crippen LogP contribution in [0.5, 0.6) is 23.0 Å². The summed E-state index contributed by atoms with van der Waals surface area (Å²) in [5.74, 6) is 1.23. The van der Waals surface area contributed by atoms with Crippen molar-refractivity contribution in [3.63, 3.8) is 0 Å². The van der Waals surface area contributed by atoms with E-state index >= 15 is 0 Å². The molecule has 0 saturated carbocycles. The van der Waals surface area contributed by atoms with Gasteiger partial charge in [0.1, 0.15) is 6.61 Å². The lowest BCUT2D eigenvalue weighted by Crippen LogP contribution is -2.47. The predicted octanol–water partition coefficient (Wildman–Crippen LogP) is 3.84. The molecular formula is C23H29F3N2O4. The molecule has 0 aliphatic carbocycles. The smallest absolute Gasteiger partial charge is 0.493 e. The Balaban J connectivity index is 1.39. The number of hydrogen-bond acceptors (Lipinski definition) is 6. The van der Waals surface area contributed by atoms with Gasteiger partial charge < -0.3 is 23.8 Å². The third-order valence-electron chi connectivity index (χ3n) is 5.37. The zero-order valence-corrected chi connectivity index (χ0v) is 18.4. The number of nitrogens with zero attached hydrogens (tertiary/aromatic N) is 2. The molecule has 0 atom stereocenters. The first kappa shape index (κ1) is 24.0. The van der Waals surface area contributed by atoms with Gasteiger partial charge in [-0.25, -0.2) is 0 Å². The normalized spacial score (nSPS) is 15.4. The first-order valence-electron chi connectivity index (χ1n) is 10.5. The number of benzene rings is 2. The first-order valence-corrected chi connectivity index (χ1v) is 10.5. The molecule has 0 unspecified atom stereocenters. The molecular weight excluding hydrogens is 425 g/mol. The van der Waals surface area contributed by atoms with Gasteiger partial charge in [0.15, 0.2) is 23.0 Å². The third kappa shape index (κ3) is 7.20. The third-order valence-corrected chi connectivity index (χ3v) is 5.37. The Kier molecular flexibility index (Phi) is 8.46. The zero-order chi connectivity index (χ0) is 23.0. The van der Waals surface area contributed by atoms with Crippen molar-refractivity contribution in [2.24, 2.45) is 0 Å². The van der Waals surface area contributed by atoms with Crippen molar-refractivity contribution in [1.29, 1.82) is 0 Å². The summed E-state index contributed by atoms with van der Waals surface area (Å²) in [6.07, 6.45) is -3.83. The largest absolute Gasteiger partial charge is 0.573 e. The summed E-state index contributed by atoms with van der Waals surface area (Å²) in [5.41, 5.74) is 1.19. The Labute approximate surface area is 186 Å². The number of rotatable bonds is 10. The van der Waals surface area contributed by atoms with Gasteiger partial charge in [-0.3, -0.25) is 4.90 Å². The van der Waals surface area contributed by atoms with Gasteiger partial charge in [-0.15, -0.1) is 13.2 Å². The number of methoxy groups -OCH3 is 2. The van der Waals surface area contributed by atoms with Gasteiger partial charge in [0.2, 0.25) is 0 Å². The molecule has 1 aliphatic rings. The van der Waals surface area contributed by atoms with Gasteiger partial charge >= 0.3 is 6.36 Å². The lowest BCUT2D eigenvalue weighted by atomic mass is 10.1. The molecule has 0 radical (unpaired) electrons. The maximum Gasteiger partial charge on any atom is 0.573 e. The molecule has 0 aromatic heterocycles. The monoisotopic (exact) mass is 454 g/mol. The van der Waals surface area contributed by atoms with Gasteiger partial charge in [0.05, 0.1) is 14.2 Å². The summed E-state index contributed by atoms with van der Waals surface area (Å²) < 4.78 is 57.8. The van der Waals surface area contributed by atoms with Crippen molar-refractivity contribution in [1.82, 2.24) is 9.80 Å². The number of para-hydroxylation sites is 2. The van der Waals surface area contributed by atoms with E-state index in [2.05, 4.69) is 20.6 Å². The minimum atomic E-state index is -4.74. The van der Waals surface area contributed by atoms with E-state index in [0.717, 1.165) is 50.6 Å². The van der Waals surface area contributed by atoms with E-state index in [1.165, 1.54) is 23.8 Å². The lowest BCUT2D eigenvalue weighted by molar-refractivity contribution is -0.275. The Morgan fingerprint density at radius 3 is 2.03 bits per heavy atom. The van der Waals surface area contributed by atoms with E-state index in [1.54, 1.807) is 20.3 Å². The van der Waals surface area contributed by atoms with Crippen LogP contribution in [-0.2, 0) is 6.42 Å². The molecule has 1 heterocycles. The van der Waals surface area contributed by atoms with E-state index in [1.807, 2.05) is 12.1 Å². The van der Waals surface area contributed by atoms with E-state index in [4.69, 9.17) is 14.2 Å². The second kappa shape index (κ2) is 11.3. The van der Waals surface area contributed by atoms with Crippen molar-refractivity contribution in [3.05, 3.63) is 48.0 Å². The van der Waals surface area contributed by atoms with Gasteiger partial charge in [-0.05, 0) is 36.2 Å². The summed E-state index contributed by atoms with van der Waals surface area (Å²) in [6.45, 7) is 5.52. The van der Waals surface area contributed by atoms with Crippen LogP contribution in [0.2, 0.25) is 0 Å². The number of piperazine rings is 1. The van der Waals surface area contributed by atoms with Crippen LogP contribution in [0.4, 0.5) is 13.2 Å². The summed E-state index contributed by atoms with van der Waals surface area (Å²) in [5, 5.41) is 0. The van der Waals surface area contributed by atoms with Gasteiger partial charge in [0.25, 0.3) is 0 Å². The molecule has 0 bridgehead atoms. The van der Waals surface area contributed by atoms with Crippen LogP contribution in [0.15, 0.2) is 42.5 Å². The molecule has 0 spiro atoms. The maximum atomic E-state index is 12.5. The molecule has 6 nitrogen and oxygen atoms in total. The topological polar surface area (TPSA) is 43.4 Å². The quantitative estimate of drug-likeness (QED) is 0.544. The molecule has 1 fully saturated rings. The van der Waals surface area contributed by atoms with Crippen LogP contribution >= 0.6 is 0 Å². The average molecular weight is 454 g/mol. The molecule has 3 rings (SSSR count). The molecule has 0 amide bonds. The van der Waals surface area contributed by atoms with Crippen LogP contribution in [0, 0.1) is 0 Å². The van der Waals surface area contributed by atoms with Crippen LogP contribution in [0.3, 0.4) is 0 Å². The second-order valence-electron chi connectivity index (χ2n) is 7.47. The Bertz CT molecular complexity index is 855. The summed E-state index contributed by atoms with van der Waals surface area (Å²) in [7, 11) is 3.25. The average Bonchev–Trinajstić information content (AvgIpc) is 2.78. The van der Waals surface area contributed by atoms with Crippen molar-refractivity contribution in [2.45, 2.75) is 12.8 Å². The highest BCUT2D eigenvalue weighted by molar-refractivity contribution is 5.43. The molecule has 2 aromatic carbocycles. The van der Waals surface area contributed by atoms with Crippen molar-refractivity contribution in [3.8, 4) is 23.0 Å². The molecule has 9 heteroatoms. The molecule has 1 aliphatic heterocycles. The van der Waals surface area contributed by atoms with E-state index in [0.29, 0.717) is 13.2 Å². The van der Waals surface area contributed by atoms with Crippen LogP contribution in [0.1, 0.15) is 5.56 Å². The Morgan fingerprint density at radius 2 is 1.41 bits per heavy atom. The van der Waals surface area contributed by atoms with Crippen LogP contribution in [0.25, 0.3) is 0 Å². The maximum absolute atomic E-state index is 12.5. The molecule has 32 heavy (non-hydrogen) atoms. The minimum Gasteiger partial charge on any atom is -0.493 e. The summed E-state index contributed by atoms with van der Waals surface area (Å²) in [4.78, 5) is 4.65. The van der Waals surface area contributed by atoms with E-state index in [-0.39, 0.29) is 11.5 Å². The second-order valence-corrected chi connectivity index (χ2v) is 7.47. The Hall–Kier alpha value is -2.65. The number of ether oxygens (including phenoxy) is 4. The SMILES string of the molecule is COc1ccc(CCN2CCN(CCOc3ccccc3OC(F)(F)F)CC2)cc1OC. The van der Waals surface area contributed by atoms with Crippen molar-refractivity contribution in [2.75, 3.05) is 60.1 Å². The molecule has 176 valence electrons. The van der Waals surface area contributed by atoms with Crippen molar-refractivity contribution < 1.29 is 32.1 Å². The van der Waals surface area contributed by atoms with Gasteiger partial charge in [-0.1, -0.05) is 18.2 Å². The van der Waals surface area contributed by atoms with E-state index in [9.17, 15) is 13.2 Å². The number of alkyl halides is 3. The first-order chi connectivity index (χ1) is 15.4. The fraction of sp³-hybridized carbons (Fsp3) is 0.478.